The first-order chi connectivity index (χ1) is 8.72. The van der Waals surface area contributed by atoms with Gasteiger partial charge in [-0.2, -0.15) is 0 Å². The molecule has 5 heteroatoms. The van der Waals surface area contributed by atoms with Crippen molar-refractivity contribution in [3.05, 3.63) is 22.6 Å². The maximum atomic E-state index is 12.4. The number of hydrogen-bond donors (Lipinski definition) is 1. The molecule has 4 nitrogen and oxygen atoms in total. The van der Waals surface area contributed by atoms with Gasteiger partial charge >= 0.3 is 0 Å². The molecular formula is C13H19BrN2O2. The summed E-state index contributed by atoms with van der Waals surface area (Å²) in [4.78, 5) is 14.3. The Morgan fingerprint density at radius 2 is 2.39 bits per heavy atom. The number of hydrogen-bond acceptors (Lipinski definition) is 3. The molecule has 0 aromatic carbocycles. The number of piperidine rings is 1. The van der Waals surface area contributed by atoms with Gasteiger partial charge in [0.25, 0.3) is 5.91 Å². The largest absolute Gasteiger partial charge is 0.444 e. The number of carbonyl (C=O) groups is 1. The van der Waals surface area contributed by atoms with E-state index in [4.69, 9.17) is 4.42 Å². The highest BCUT2D eigenvalue weighted by Gasteiger charge is 2.28. The van der Waals surface area contributed by atoms with Crippen LogP contribution in [0.1, 0.15) is 36.2 Å². The van der Waals surface area contributed by atoms with Gasteiger partial charge < -0.3 is 14.6 Å². The number of carbonyl (C=O) groups excluding carboxylic acids is 1. The molecule has 0 saturated carbocycles. The molecule has 18 heavy (non-hydrogen) atoms. The number of amides is 1. The highest BCUT2D eigenvalue weighted by molar-refractivity contribution is 9.10. The number of nitrogens with zero attached hydrogens (tertiary/aromatic N) is 1. The molecule has 1 aliphatic rings. The van der Waals surface area contributed by atoms with E-state index in [1.54, 1.807) is 12.1 Å². The van der Waals surface area contributed by atoms with Crippen LogP contribution in [0.5, 0.6) is 0 Å². The number of rotatable bonds is 4. The summed E-state index contributed by atoms with van der Waals surface area (Å²) in [6.45, 7) is 1.78. The fourth-order valence-corrected chi connectivity index (χ4v) is 2.76. The minimum atomic E-state index is 0.0153. The minimum absolute atomic E-state index is 0.0153. The van der Waals surface area contributed by atoms with Crippen molar-refractivity contribution in [3.8, 4) is 0 Å². The van der Waals surface area contributed by atoms with E-state index in [0.29, 0.717) is 16.5 Å². The van der Waals surface area contributed by atoms with Gasteiger partial charge in [-0.1, -0.05) is 0 Å². The number of nitrogens with one attached hydrogen (secondary N) is 1. The maximum Gasteiger partial charge on any atom is 0.289 e. The SMILES string of the molecule is CNCCC1CCCCN1C(=O)c1ccc(Br)o1. The first-order valence-electron chi connectivity index (χ1n) is 6.43. The molecule has 1 atom stereocenters. The zero-order valence-corrected chi connectivity index (χ0v) is 12.2. The lowest BCUT2D eigenvalue weighted by molar-refractivity contribution is 0.0569. The van der Waals surface area contributed by atoms with E-state index in [2.05, 4.69) is 21.2 Å². The van der Waals surface area contributed by atoms with Gasteiger partial charge in [0.2, 0.25) is 0 Å². The first kappa shape index (κ1) is 13.6. The Labute approximate surface area is 116 Å². The van der Waals surface area contributed by atoms with Crippen LogP contribution in [0.2, 0.25) is 0 Å². The van der Waals surface area contributed by atoms with Crippen molar-refractivity contribution in [2.24, 2.45) is 0 Å². The van der Waals surface area contributed by atoms with E-state index in [9.17, 15) is 4.79 Å². The first-order valence-corrected chi connectivity index (χ1v) is 7.22. The molecule has 0 bridgehead atoms. The van der Waals surface area contributed by atoms with Gasteiger partial charge in [-0.3, -0.25) is 4.79 Å². The van der Waals surface area contributed by atoms with Gasteiger partial charge in [0.15, 0.2) is 10.4 Å². The zero-order valence-electron chi connectivity index (χ0n) is 10.6. The van der Waals surface area contributed by atoms with Crippen molar-refractivity contribution in [1.82, 2.24) is 10.2 Å². The lowest BCUT2D eigenvalue weighted by Gasteiger charge is -2.35. The third kappa shape index (κ3) is 3.14. The molecule has 1 aromatic heterocycles. The van der Waals surface area contributed by atoms with Gasteiger partial charge in [-0.05, 0) is 67.3 Å². The lowest BCUT2D eigenvalue weighted by atomic mass is 9.99. The Hall–Kier alpha value is -0.810. The highest BCUT2D eigenvalue weighted by atomic mass is 79.9. The van der Waals surface area contributed by atoms with Gasteiger partial charge in [0.1, 0.15) is 0 Å². The van der Waals surface area contributed by atoms with Crippen LogP contribution in [0.4, 0.5) is 0 Å². The second-order valence-electron chi connectivity index (χ2n) is 4.64. The molecule has 0 spiro atoms. The van der Waals surface area contributed by atoms with Gasteiger partial charge in [-0.25, -0.2) is 0 Å². The van der Waals surface area contributed by atoms with Crippen LogP contribution < -0.4 is 5.32 Å². The van der Waals surface area contributed by atoms with E-state index in [1.165, 1.54) is 6.42 Å². The number of likely N-dealkylation sites (tertiary alicyclic amines) is 1. The third-order valence-corrected chi connectivity index (χ3v) is 3.83. The average molecular weight is 315 g/mol. The molecule has 1 unspecified atom stereocenters. The van der Waals surface area contributed by atoms with E-state index in [0.717, 1.165) is 32.4 Å². The Morgan fingerprint density at radius 3 is 3.06 bits per heavy atom. The second kappa shape index (κ2) is 6.38. The smallest absolute Gasteiger partial charge is 0.289 e. The van der Waals surface area contributed by atoms with Crippen LogP contribution in [0.3, 0.4) is 0 Å². The standard InChI is InChI=1S/C13H19BrN2O2/c1-15-8-7-10-4-2-3-9-16(10)13(17)11-5-6-12(14)18-11/h5-6,10,15H,2-4,7-9H2,1H3. The quantitative estimate of drug-likeness (QED) is 0.929. The molecule has 0 aliphatic carbocycles. The molecule has 2 heterocycles. The minimum Gasteiger partial charge on any atom is -0.444 e. The van der Waals surface area contributed by atoms with Crippen molar-refractivity contribution >= 4 is 21.8 Å². The summed E-state index contributed by atoms with van der Waals surface area (Å²) < 4.78 is 5.97. The molecule has 1 fully saturated rings. The van der Waals surface area contributed by atoms with Crippen LogP contribution in [-0.4, -0.2) is 37.0 Å². The van der Waals surface area contributed by atoms with E-state index in [1.807, 2.05) is 11.9 Å². The molecule has 1 aliphatic heterocycles. The van der Waals surface area contributed by atoms with Crippen LogP contribution in [0.15, 0.2) is 21.2 Å². The van der Waals surface area contributed by atoms with Crippen molar-refractivity contribution in [1.29, 1.82) is 0 Å². The van der Waals surface area contributed by atoms with Gasteiger partial charge in [-0.15, -0.1) is 0 Å². The van der Waals surface area contributed by atoms with Crippen molar-refractivity contribution in [3.63, 3.8) is 0 Å². The zero-order chi connectivity index (χ0) is 13.0. The van der Waals surface area contributed by atoms with Crippen molar-refractivity contribution in [2.75, 3.05) is 20.1 Å². The second-order valence-corrected chi connectivity index (χ2v) is 5.43. The van der Waals surface area contributed by atoms with Crippen LogP contribution in [0, 0.1) is 0 Å². The molecule has 1 aromatic rings. The number of halogens is 1. The van der Waals surface area contributed by atoms with E-state index >= 15 is 0 Å². The van der Waals surface area contributed by atoms with Crippen LogP contribution >= 0.6 is 15.9 Å². The number of furan rings is 1. The molecule has 1 N–H and O–H groups in total. The van der Waals surface area contributed by atoms with Gasteiger partial charge in [0.05, 0.1) is 0 Å². The van der Waals surface area contributed by atoms with Crippen LogP contribution in [-0.2, 0) is 0 Å². The summed E-state index contributed by atoms with van der Waals surface area (Å²) in [6, 6.07) is 3.83. The Kier molecular flexibility index (Phi) is 4.83. The summed E-state index contributed by atoms with van der Waals surface area (Å²) in [7, 11) is 1.94. The normalized spacial score (nSPS) is 20.1. The third-order valence-electron chi connectivity index (χ3n) is 3.40. The Bertz CT molecular complexity index is 405. The highest BCUT2D eigenvalue weighted by Crippen LogP contribution is 2.23. The Balaban J connectivity index is 2.06. The van der Waals surface area contributed by atoms with E-state index in [-0.39, 0.29) is 5.91 Å². The maximum absolute atomic E-state index is 12.4. The van der Waals surface area contributed by atoms with Gasteiger partial charge in [0, 0.05) is 12.6 Å². The fourth-order valence-electron chi connectivity index (χ4n) is 2.45. The predicted molar refractivity (Wildman–Crippen MR) is 73.6 cm³/mol. The molecule has 1 amide bonds. The van der Waals surface area contributed by atoms with Crippen molar-refractivity contribution < 1.29 is 9.21 Å². The molecular weight excluding hydrogens is 296 g/mol. The summed E-state index contributed by atoms with van der Waals surface area (Å²) in [5.41, 5.74) is 0. The summed E-state index contributed by atoms with van der Waals surface area (Å²) in [5.74, 6) is 0.444. The lowest BCUT2D eigenvalue weighted by Crippen LogP contribution is -2.44. The summed E-state index contributed by atoms with van der Waals surface area (Å²) >= 11 is 3.23. The Morgan fingerprint density at radius 1 is 1.56 bits per heavy atom. The average Bonchev–Trinajstić information content (AvgIpc) is 2.82. The molecule has 0 radical (unpaired) electrons. The fraction of sp³-hybridized carbons (Fsp3) is 0.615. The van der Waals surface area contributed by atoms with Crippen molar-refractivity contribution in [2.45, 2.75) is 31.7 Å². The molecule has 1 saturated heterocycles. The molecule has 100 valence electrons. The van der Waals surface area contributed by atoms with E-state index < -0.39 is 0 Å². The summed E-state index contributed by atoms with van der Waals surface area (Å²) in [6.07, 6.45) is 4.39. The summed E-state index contributed by atoms with van der Waals surface area (Å²) in [5, 5.41) is 3.15. The predicted octanol–water partition coefficient (Wildman–Crippen LogP) is 2.65. The topological polar surface area (TPSA) is 45.5 Å². The van der Waals surface area contributed by atoms with Crippen LogP contribution in [0.25, 0.3) is 0 Å². The monoisotopic (exact) mass is 314 g/mol. The molecule has 2 rings (SSSR count).